The molecule has 0 aromatic heterocycles. The number of nitrogens with one attached hydrogen (secondary N) is 1. The molecule has 1 unspecified atom stereocenters. The summed E-state index contributed by atoms with van der Waals surface area (Å²) in [5.74, 6) is -0.152. The van der Waals surface area contributed by atoms with Gasteiger partial charge in [0.05, 0.1) is 11.8 Å². The van der Waals surface area contributed by atoms with Gasteiger partial charge in [-0.2, -0.15) is 0 Å². The van der Waals surface area contributed by atoms with Crippen molar-refractivity contribution in [2.45, 2.75) is 19.9 Å². The molecule has 0 aliphatic carbocycles. The SMILES string of the molecule is Cc1cc(N)ccc1NC(=O)C(C)N(C)CCS(C)(=O)=O. The predicted octanol–water partition coefficient (Wildman–Crippen LogP) is 0.881. The maximum Gasteiger partial charge on any atom is 0.241 e. The van der Waals surface area contributed by atoms with Crippen molar-refractivity contribution in [2.75, 3.05) is 36.7 Å². The molecule has 6 nitrogen and oxygen atoms in total. The quantitative estimate of drug-likeness (QED) is 0.761. The smallest absolute Gasteiger partial charge is 0.241 e. The molecule has 1 atom stereocenters. The van der Waals surface area contributed by atoms with Crippen molar-refractivity contribution in [1.82, 2.24) is 4.90 Å². The van der Waals surface area contributed by atoms with E-state index < -0.39 is 15.9 Å². The summed E-state index contributed by atoms with van der Waals surface area (Å²) in [7, 11) is -1.31. The molecule has 21 heavy (non-hydrogen) atoms. The first-order valence-electron chi connectivity index (χ1n) is 6.65. The van der Waals surface area contributed by atoms with E-state index in [0.717, 1.165) is 5.56 Å². The van der Waals surface area contributed by atoms with Gasteiger partial charge in [0, 0.05) is 24.2 Å². The number of hydrogen-bond acceptors (Lipinski definition) is 5. The van der Waals surface area contributed by atoms with Crippen LogP contribution in [-0.4, -0.2) is 50.9 Å². The third-order valence-corrected chi connectivity index (χ3v) is 4.29. The van der Waals surface area contributed by atoms with Gasteiger partial charge in [0.15, 0.2) is 0 Å². The largest absolute Gasteiger partial charge is 0.399 e. The van der Waals surface area contributed by atoms with Gasteiger partial charge < -0.3 is 11.1 Å². The summed E-state index contributed by atoms with van der Waals surface area (Å²) < 4.78 is 22.3. The van der Waals surface area contributed by atoms with Gasteiger partial charge in [-0.05, 0) is 44.7 Å². The number of sulfone groups is 1. The summed E-state index contributed by atoms with van der Waals surface area (Å²) in [6.07, 6.45) is 1.18. The van der Waals surface area contributed by atoms with Crippen LogP contribution < -0.4 is 11.1 Å². The molecule has 3 N–H and O–H groups in total. The molecule has 0 spiro atoms. The first-order valence-corrected chi connectivity index (χ1v) is 8.71. The zero-order valence-electron chi connectivity index (χ0n) is 12.9. The highest BCUT2D eigenvalue weighted by Gasteiger charge is 2.19. The molecule has 1 aromatic rings. The Balaban J connectivity index is 2.65. The van der Waals surface area contributed by atoms with E-state index in [1.807, 2.05) is 6.92 Å². The molecule has 118 valence electrons. The molecule has 0 bridgehead atoms. The van der Waals surface area contributed by atoms with Crippen molar-refractivity contribution < 1.29 is 13.2 Å². The minimum absolute atomic E-state index is 0.0298. The molecular weight excluding hydrogens is 290 g/mol. The van der Waals surface area contributed by atoms with Crippen LogP contribution in [0, 0.1) is 6.92 Å². The number of aryl methyl sites for hydroxylation is 1. The zero-order chi connectivity index (χ0) is 16.2. The van der Waals surface area contributed by atoms with Gasteiger partial charge in [0.1, 0.15) is 9.84 Å². The second-order valence-corrected chi connectivity index (χ2v) is 7.61. The molecular formula is C14H23N3O3S. The van der Waals surface area contributed by atoms with Crippen molar-refractivity contribution in [3.63, 3.8) is 0 Å². The Labute approximate surface area is 126 Å². The highest BCUT2D eigenvalue weighted by molar-refractivity contribution is 7.90. The maximum absolute atomic E-state index is 12.2. The van der Waals surface area contributed by atoms with Crippen LogP contribution in [0.4, 0.5) is 11.4 Å². The summed E-state index contributed by atoms with van der Waals surface area (Å²) >= 11 is 0. The molecule has 7 heteroatoms. The first-order chi connectivity index (χ1) is 9.60. The summed E-state index contributed by atoms with van der Waals surface area (Å²) in [6, 6.07) is 4.84. The number of likely N-dealkylation sites (N-methyl/N-ethyl adjacent to an activating group) is 1. The van der Waals surface area contributed by atoms with Gasteiger partial charge in [-0.3, -0.25) is 9.69 Å². The van der Waals surface area contributed by atoms with E-state index in [-0.39, 0.29) is 11.7 Å². The van der Waals surface area contributed by atoms with Crippen LogP contribution in [-0.2, 0) is 14.6 Å². The normalized spacial score (nSPS) is 13.2. The van der Waals surface area contributed by atoms with E-state index in [0.29, 0.717) is 17.9 Å². The van der Waals surface area contributed by atoms with Gasteiger partial charge in [-0.25, -0.2) is 8.42 Å². The fourth-order valence-corrected chi connectivity index (χ4v) is 2.39. The topological polar surface area (TPSA) is 92.5 Å². The number of benzene rings is 1. The third-order valence-electron chi connectivity index (χ3n) is 3.36. The Kier molecular flexibility index (Phi) is 5.74. The van der Waals surface area contributed by atoms with Crippen LogP contribution in [0.1, 0.15) is 12.5 Å². The number of anilines is 2. The molecule has 1 aromatic carbocycles. The van der Waals surface area contributed by atoms with Crippen LogP contribution in [0.15, 0.2) is 18.2 Å². The third kappa shape index (κ3) is 5.73. The monoisotopic (exact) mass is 313 g/mol. The Morgan fingerprint density at radius 2 is 2.05 bits per heavy atom. The highest BCUT2D eigenvalue weighted by atomic mass is 32.2. The van der Waals surface area contributed by atoms with Crippen molar-refractivity contribution in [1.29, 1.82) is 0 Å². The first kappa shape index (κ1) is 17.5. The average Bonchev–Trinajstić information content (AvgIpc) is 2.37. The lowest BCUT2D eigenvalue weighted by molar-refractivity contribution is -0.120. The standard InChI is InChI=1S/C14H23N3O3S/c1-10-9-12(15)5-6-13(10)16-14(18)11(2)17(3)7-8-21(4,19)20/h5-6,9,11H,7-8,15H2,1-4H3,(H,16,18). The van der Waals surface area contributed by atoms with Gasteiger partial charge in [-0.1, -0.05) is 0 Å². The summed E-state index contributed by atoms with van der Waals surface area (Å²) in [5, 5.41) is 2.83. The maximum atomic E-state index is 12.2. The highest BCUT2D eigenvalue weighted by Crippen LogP contribution is 2.18. The van der Waals surface area contributed by atoms with Crippen LogP contribution in [0.3, 0.4) is 0 Å². The number of nitrogen functional groups attached to an aromatic ring is 1. The van der Waals surface area contributed by atoms with Crippen molar-refractivity contribution >= 4 is 27.1 Å². The van der Waals surface area contributed by atoms with Gasteiger partial charge >= 0.3 is 0 Å². The molecule has 0 radical (unpaired) electrons. The molecule has 0 saturated heterocycles. The fourth-order valence-electron chi connectivity index (χ4n) is 1.77. The lowest BCUT2D eigenvalue weighted by Crippen LogP contribution is -2.41. The number of amides is 1. The Bertz CT molecular complexity index is 614. The predicted molar refractivity (Wildman–Crippen MR) is 86.0 cm³/mol. The van der Waals surface area contributed by atoms with Gasteiger partial charge in [0.2, 0.25) is 5.91 Å². The molecule has 1 amide bonds. The van der Waals surface area contributed by atoms with Crippen molar-refractivity contribution in [3.8, 4) is 0 Å². The van der Waals surface area contributed by atoms with E-state index in [9.17, 15) is 13.2 Å². The summed E-state index contributed by atoms with van der Waals surface area (Å²) in [6.45, 7) is 3.92. The van der Waals surface area contributed by atoms with E-state index in [2.05, 4.69) is 5.32 Å². The van der Waals surface area contributed by atoms with Gasteiger partial charge in [0.25, 0.3) is 0 Å². The van der Waals surface area contributed by atoms with Crippen LogP contribution in [0.5, 0.6) is 0 Å². The number of carbonyl (C=O) groups is 1. The Hall–Kier alpha value is -1.60. The second kappa shape index (κ2) is 6.91. The number of carbonyl (C=O) groups excluding carboxylic acids is 1. The summed E-state index contributed by atoms with van der Waals surface area (Å²) in [5.41, 5.74) is 7.90. The Morgan fingerprint density at radius 3 is 2.57 bits per heavy atom. The fraction of sp³-hybridized carbons (Fsp3) is 0.500. The minimum atomic E-state index is -3.04. The number of hydrogen-bond donors (Lipinski definition) is 2. The van der Waals surface area contributed by atoms with E-state index in [1.165, 1.54) is 6.26 Å². The second-order valence-electron chi connectivity index (χ2n) is 5.35. The lowest BCUT2D eigenvalue weighted by Gasteiger charge is -2.23. The van der Waals surface area contributed by atoms with Crippen LogP contribution in [0.2, 0.25) is 0 Å². The van der Waals surface area contributed by atoms with E-state index in [1.54, 1.807) is 37.1 Å². The van der Waals surface area contributed by atoms with Gasteiger partial charge in [-0.15, -0.1) is 0 Å². The molecule has 0 aliphatic heterocycles. The minimum Gasteiger partial charge on any atom is -0.399 e. The Morgan fingerprint density at radius 1 is 1.43 bits per heavy atom. The van der Waals surface area contributed by atoms with E-state index in [4.69, 9.17) is 5.73 Å². The molecule has 0 saturated carbocycles. The van der Waals surface area contributed by atoms with Crippen LogP contribution >= 0.6 is 0 Å². The lowest BCUT2D eigenvalue weighted by atomic mass is 10.1. The molecule has 1 rings (SSSR count). The zero-order valence-corrected chi connectivity index (χ0v) is 13.7. The van der Waals surface area contributed by atoms with Crippen molar-refractivity contribution in [2.24, 2.45) is 0 Å². The number of nitrogens with two attached hydrogens (primary N) is 1. The van der Waals surface area contributed by atoms with E-state index >= 15 is 0 Å². The molecule has 0 aliphatic rings. The van der Waals surface area contributed by atoms with Crippen LogP contribution in [0.25, 0.3) is 0 Å². The number of nitrogens with zero attached hydrogens (tertiary/aromatic N) is 1. The average molecular weight is 313 g/mol. The number of rotatable bonds is 6. The molecule has 0 heterocycles. The van der Waals surface area contributed by atoms with Crippen molar-refractivity contribution in [3.05, 3.63) is 23.8 Å². The molecule has 0 fully saturated rings. The summed E-state index contributed by atoms with van der Waals surface area (Å²) in [4.78, 5) is 13.9.